The third kappa shape index (κ3) is 4.49. The molecule has 0 spiro atoms. The van der Waals surface area contributed by atoms with Crippen molar-refractivity contribution >= 4 is 5.69 Å². The number of anilines is 1. The van der Waals surface area contributed by atoms with Gasteiger partial charge in [0, 0.05) is 49.3 Å². The van der Waals surface area contributed by atoms with Crippen molar-refractivity contribution in [2.24, 2.45) is 0 Å². The Hall–Kier alpha value is -2.31. The second-order valence-corrected chi connectivity index (χ2v) is 8.42. The first-order chi connectivity index (χ1) is 14.3. The first-order valence-electron chi connectivity index (χ1n) is 10.8. The summed E-state index contributed by atoms with van der Waals surface area (Å²) in [5.41, 5.74) is 2.45. The van der Waals surface area contributed by atoms with Gasteiger partial charge in [-0.1, -0.05) is 6.07 Å². The zero-order valence-electron chi connectivity index (χ0n) is 16.9. The van der Waals surface area contributed by atoms with Gasteiger partial charge in [0.25, 0.3) is 0 Å². The average Bonchev–Trinajstić information content (AvgIpc) is 3.23. The van der Waals surface area contributed by atoms with Crippen LogP contribution < -0.4 is 14.8 Å². The lowest BCUT2D eigenvalue weighted by Crippen LogP contribution is -2.50. The van der Waals surface area contributed by atoms with Gasteiger partial charge in [-0.15, -0.1) is 0 Å². The van der Waals surface area contributed by atoms with Gasteiger partial charge in [-0.2, -0.15) is 0 Å². The third-order valence-corrected chi connectivity index (χ3v) is 6.40. The van der Waals surface area contributed by atoms with E-state index in [4.69, 9.17) is 9.47 Å². The molecule has 6 heteroatoms. The van der Waals surface area contributed by atoms with Crippen LogP contribution in [0.5, 0.6) is 11.5 Å². The fourth-order valence-corrected chi connectivity index (χ4v) is 4.87. The highest BCUT2D eigenvalue weighted by Gasteiger charge is 2.29. The minimum Gasteiger partial charge on any atom is -0.454 e. The summed E-state index contributed by atoms with van der Waals surface area (Å²) in [5, 5.41) is 3.73. The molecule has 2 saturated heterocycles. The van der Waals surface area contributed by atoms with E-state index < -0.39 is 0 Å². The zero-order chi connectivity index (χ0) is 19.5. The number of piperidine rings is 2. The van der Waals surface area contributed by atoms with Crippen molar-refractivity contribution in [1.82, 2.24) is 14.8 Å². The predicted octanol–water partition coefficient (Wildman–Crippen LogP) is 3.35. The van der Waals surface area contributed by atoms with Gasteiger partial charge in [0.1, 0.15) is 0 Å². The molecule has 0 amide bonds. The molecule has 1 aromatic carbocycles. The number of likely N-dealkylation sites (tertiary alicyclic amines) is 2. The fraction of sp³-hybridized carbons (Fsp3) is 0.522. The van der Waals surface area contributed by atoms with E-state index in [0.29, 0.717) is 18.9 Å². The molecular formula is C23H30N4O2. The molecular weight excluding hydrogens is 364 g/mol. The molecule has 29 heavy (non-hydrogen) atoms. The highest BCUT2D eigenvalue weighted by Crippen LogP contribution is 2.35. The van der Waals surface area contributed by atoms with Gasteiger partial charge in [0.15, 0.2) is 11.5 Å². The second kappa shape index (κ2) is 8.59. The van der Waals surface area contributed by atoms with Crippen molar-refractivity contribution in [2.75, 3.05) is 38.3 Å². The van der Waals surface area contributed by atoms with Crippen molar-refractivity contribution in [2.45, 2.75) is 44.3 Å². The Kier molecular flexibility index (Phi) is 5.54. The SMILES string of the molecule is c1cncc(CN2CCC(N3CCCC(Nc4ccc5c(c4)OCO5)C3)CC2)c1. The van der Waals surface area contributed by atoms with Gasteiger partial charge >= 0.3 is 0 Å². The molecule has 3 aliphatic heterocycles. The maximum Gasteiger partial charge on any atom is 0.231 e. The number of hydrogen-bond acceptors (Lipinski definition) is 6. The van der Waals surface area contributed by atoms with Gasteiger partial charge in [0.2, 0.25) is 6.79 Å². The standard InChI is InChI=1S/C23H30N4O2/c1-3-18(14-24-9-1)15-26-11-7-21(8-12-26)27-10-2-4-20(16-27)25-19-5-6-22-23(13-19)29-17-28-22/h1,3,5-6,9,13-14,20-21,25H,2,4,7-8,10-12,15-17H2. The van der Waals surface area contributed by atoms with Crippen LogP contribution in [-0.4, -0.2) is 59.8 Å². The Labute approximate surface area is 172 Å². The fourth-order valence-electron chi connectivity index (χ4n) is 4.87. The van der Waals surface area contributed by atoms with E-state index in [9.17, 15) is 0 Å². The summed E-state index contributed by atoms with van der Waals surface area (Å²) in [6.07, 6.45) is 8.85. The molecule has 2 aromatic rings. The number of ether oxygens (including phenoxy) is 2. The molecule has 0 aliphatic carbocycles. The smallest absolute Gasteiger partial charge is 0.231 e. The highest BCUT2D eigenvalue weighted by atomic mass is 16.7. The molecule has 0 bridgehead atoms. The van der Waals surface area contributed by atoms with Crippen molar-refractivity contribution < 1.29 is 9.47 Å². The minimum atomic E-state index is 0.329. The van der Waals surface area contributed by atoms with Gasteiger partial charge in [-0.05, 0) is 69.1 Å². The molecule has 6 nitrogen and oxygen atoms in total. The van der Waals surface area contributed by atoms with Crippen molar-refractivity contribution in [3.8, 4) is 11.5 Å². The van der Waals surface area contributed by atoms with E-state index in [1.54, 1.807) is 0 Å². The average molecular weight is 395 g/mol. The number of pyridine rings is 1. The van der Waals surface area contributed by atoms with Crippen LogP contribution in [0.1, 0.15) is 31.2 Å². The van der Waals surface area contributed by atoms with E-state index >= 15 is 0 Å². The van der Waals surface area contributed by atoms with Gasteiger partial charge in [-0.25, -0.2) is 0 Å². The molecule has 0 saturated carbocycles. The van der Waals surface area contributed by atoms with E-state index in [2.05, 4.69) is 38.3 Å². The second-order valence-electron chi connectivity index (χ2n) is 8.42. The molecule has 1 N–H and O–H groups in total. The van der Waals surface area contributed by atoms with Crippen LogP contribution in [0.3, 0.4) is 0 Å². The number of fused-ring (bicyclic) bond motifs is 1. The summed E-state index contributed by atoms with van der Waals surface area (Å²) in [4.78, 5) is 9.53. The van der Waals surface area contributed by atoms with E-state index in [1.165, 1.54) is 50.9 Å². The first kappa shape index (κ1) is 18.7. The number of aromatic nitrogens is 1. The maximum atomic E-state index is 5.52. The molecule has 154 valence electrons. The van der Waals surface area contributed by atoms with Crippen molar-refractivity contribution in [1.29, 1.82) is 0 Å². The van der Waals surface area contributed by atoms with Crippen molar-refractivity contribution in [3.05, 3.63) is 48.3 Å². The summed E-state index contributed by atoms with van der Waals surface area (Å²) < 4.78 is 10.9. The molecule has 1 aromatic heterocycles. The largest absolute Gasteiger partial charge is 0.454 e. The monoisotopic (exact) mass is 394 g/mol. The Morgan fingerprint density at radius 1 is 1.03 bits per heavy atom. The summed E-state index contributed by atoms with van der Waals surface area (Å²) >= 11 is 0. The molecule has 1 unspecified atom stereocenters. The topological polar surface area (TPSA) is 49.9 Å². The lowest BCUT2D eigenvalue weighted by atomic mass is 9.97. The van der Waals surface area contributed by atoms with Crippen LogP contribution in [0, 0.1) is 0 Å². The molecule has 2 fully saturated rings. The molecule has 3 aliphatic rings. The van der Waals surface area contributed by atoms with E-state index in [-0.39, 0.29) is 0 Å². The lowest BCUT2D eigenvalue weighted by Gasteiger charge is -2.42. The Morgan fingerprint density at radius 2 is 1.93 bits per heavy atom. The normalized spacial score (nSPS) is 23.2. The summed E-state index contributed by atoms with van der Waals surface area (Å²) in [6, 6.07) is 11.6. The molecule has 1 atom stereocenters. The van der Waals surface area contributed by atoms with Gasteiger partial charge in [-0.3, -0.25) is 14.8 Å². The first-order valence-corrected chi connectivity index (χ1v) is 10.8. The Bertz CT molecular complexity index is 808. The van der Waals surface area contributed by atoms with Crippen LogP contribution in [0.25, 0.3) is 0 Å². The number of hydrogen-bond donors (Lipinski definition) is 1. The Morgan fingerprint density at radius 3 is 2.79 bits per heavy atom. The number of benzene rings is 1. The minimum absolute atomic E-state index is 0.329. The number of rotatable bonds is 5. The zero-order valence-corrected chi connectivity index (χ0v) is 16.9. The van der Waals surface area contributed by atoms with Gasteiger partial charge in [0.05, 0.1) is 0 Å². The molecule has 5 rings (SSSR count). The quantitative estimate of drug-likeness (QED) is 0.839. The van der Waals surface area contributed by atoms with E-state index in [1.807, 2.05) is 24.5 Å². The predicted molar refractivity (Wildman–Crippen MR) is 113 cm³/mol. The van der Waals surface area contributed by atoms with Crippen molar-refractivity contribution in [3.63, 3.8) is 0 Å². The van der Waals surface area contributed by atoms with E-state index in [0.717, 1.165) is 30.3 Å². The summed E-state index contributed by atoms with van der Waals surface area (Å²) in [7, 11) is 0. The van der Waals surface area contributed by atoms with Crippen LogP contribution >= 0.6 is 0 Å². The van der Waals surface area contributed by atoms with Gasteiger partial charge < -0.3 is 14.8 Å². The maximum absolute atomic E-state index is 5.52. The van der Waals surface area contributed by atoms with Crippen LogP contribution in [0.2, 0.25) is 0 Å². The third-order valence-electron chi connectivity index (χ3n) is 6.40. The number of nitrogens with zero attached hydrogens (tertiary/aromatic N) is 3. The summed E-state index contributed by atoms with van der Waals surface area (Å²) in [5.74, 6) is 1.70. The number of nitrogens with one attached hydrogen (secondary N) is 1. The molecule has 0 radical (unpaired) electrons. The summed E-state index contributed by atoms with van der Waals surface area (Å²) in [6.45, 7) is 6.06. The van der Waals surface area contributed by atoms with Crippen LogP contribution in [-0.2, 0) is 6.54 Å². The highest BCUT2D eigenvalue weighted by molar-refractivity contribution is 5.56. The van der Waals surface area contributed by atoms with Crippen LogP contribution in [0.4, 0.5) is 5.69 Å². The van der Waals surface area contributed by atoms with Crippen LogP contribution in [0.15, 0.2) is 42.7 Å². The Balaban J connectivity index is 1.12. The molecule has 4 heterocycles. The lowest BCUT2D eigenvalue weighted by molar-refractivity contribution is 0.0856.